The van der Waals surface area contributed by atoms with E-state index < -0.39 is 16.0 Å². The number of benzene rings is 1. The number of sulfonamides is 1. The molecule has 1 aliphatic heterocycles. The average molecular weight is 407 g/mol. The van der Waals surface area contributed by atoms with Crippen LogP contribution in [-0.4, -0.2) is 54.8 Å². The molecule has 1 fully saturated rings. The molecule has 0 saturated carbocycles. The van der Waals surface area contributed by atoms with E-state index in [2.05, 4.69) is 10.0 Å². The molecule has 1 aliphatic rings. The fourth-order valence-corrected chi connectivity index (χ4v) is 4.25. The second-order valence-electron chi connectivity index (χ2n) is 6.48. The number of halogens is 1. The van der Waals surface area contributed by atoms with Crippen LogP contribution in [0.5, 0.6) is 0 Å². The van der Waals surface area contributed by atoms with Crippen LogP contribution in [0.4, 0.5) is 0 Å². The molecule has 0 amide bonds. The summed E-state index contributed by atoms with van der Waals surface area (Å²) in [6.07, 6.45) is 1.68. The van der Waals surface area contributed by atoms with Crippen molar-refractivity contribution in [2.24, 2.45) is 5.41 Å². The van der Waals surface area contributed by atoms with Gasteiger partial charge >= 0.3 is 5.97 Å². The van der Waals surface area contributed by atoms with E-state index in [9.17, 15) is 13.2 Å². The van der Waals surface area contributed by atoms with Crippen molar-refractivity contribution in [1.82, 2.24) is 10.0 Å². The normalized spacial score (nSPS) is 16.6. The smallest absolute Gasteiger partial charge is 0.338 e. The highest BCUT2D eigenvalue weighted by atomic mass is 35.5. The number of nitrogens with one attached hydrogen (secondary N) is 2. The van der Waals surface area contributed by atoms with Gasteiger partial charge in [-0.05, 0) is 50.6 Å². The van der Waals surface area contributed by atoms with Crippen LogP contribution in [0.2, 0.25) is 0 Å². The summed E-state index contributed by atoms with van der Waals surface area (Å²) >= 11 is 0. The maximum atomic E-state index is 12.7. The van der Waals surface area contributed by atoms with Gasteiger partial charge in [0.1, 0.15) is 0 Å². The third-order valence-corrected chi connectivity index (χ3v) is 6.08. The molecule has 0 bridgehead atoms. The summed E-state index contributed by atoms with van der Waals surface area (Å²) in [5.74, 6) is -0.552. The van der Waals surface area contributed by atoms with E-state index in [1.165, 1.54) is 19.2 Å². The molecule has 0 aliphatic carbocycles. The second kappa shape index (κ2) is 9.66. The predicted molar refractivity (Wildman–Crippen MR) is 101 cm³/mol. The van der Waals surface area contributed by atoms with E-state index in [0.717, 1.165) is 25.9 Å². The largest absolute Gasteiger partial charge is 0.465 e. The molecule has 1 saturated heterocycles. The molecule has 1 heterocycles. The standard InChI is InChI=1S/C17H26N2O5S.ClH/c1-13-4-5-14(10-15(13)16(20)24-3)25(21,22)19-11-17(12-23-2)6-8-18-9-7-17;/h4-5,10,18-19H,6-9,11-12H2,1-3H3;1H. The lowest BCUT2D eigenvalue weighted by Crippen LogP contribution is -2.47. The number of carbonyl (C=O) groups is 1. The Balaban J connectivity index is 0.00000338. The monoisotopic (exact) mass is 406 g/mol. The van der Waals surface area contributed by atoms with E-state index in [1.54, 1.807) is 20.1 Å². The van der Waals surface area contributed by atoms with Gasteiger partial charge in [0.05, 0.1) is 24.2 Å². The summed E-state index contributed by atoms with van der Waals surface area (Å²) in [7, 11) is -0.834. The lowest BCUT2D eigenvalue weighted by Gasteiger charge is -2.37. The molecule has 2 rings (SSSR count). The zero-order valence-corrected chi connectivity index (χ0v) is 17.0. The van der Waals surface area contributed by atoms with E-state index in [0.29, 0.717) is 18.7 Å². The number of methoxy groups -OCH3 is 2. The van der Waals surface area contributed by atoms with Crippen molar-refractivity contribution < 1.29 is 22.7 Å². The number of hydrogen-bond acceptors (Lipinski definition) is 6. The minimum Gasteiger partial charge on any atom is -0.465 e. The van der Waals surface area contributed by atoms with E-state index in [-0.39, 0.29) is 28.3 Å². The fraction of sp³-hybridized carbons (Fsp3) is 0.588. The van der Waals surface area contributed by atoms with Crippen LogP contribution in [0.15, 0.2) is 23.1 Å². The molecule has 1 aromatic carbocycles. The first-order valence-electron chi connectivity index (χ1n) is 8.22. The van der Waals surface area contributed by atoms with Gasteiger partial charge in [-0.2, -0.15) is 0 Å². The summed E-state index contributed by atoms with van der Waals surface area (Å²) in [5, 5.41) is 3.28. The van der Waals surface area contributed by atoms with Crippen LogP contribution in [0, 0.1) is 12.3 Å². The van der Waals surface area contributed by atoms with Crippen LogP contribution in [0.25, 0.3) is 0 Å². The third kappa shape index (κ3) is 5.40. The van der Waals surface area contributed by atoms with E-state index in [4.69, 9.17) is 9.47 Å². The molecule has 1 aromatic rings. The van der Waals surface area contributed by atoms with Gasteiger partial charge in [0.2, 0.25) is 10.0 Å². The molecule has 0 radical (unpaired) electrons. The first-order chi connectivity index (χ1) is 11.8. The molecule has 0 atom stereocenters. The zero-order valence-electron chi connectivity index (χ0n) is 15.3. The van der Waals surface area contributed by atoms with Gasteiger partial charge in [0, 0.05) is 19.1 Å². The van der Waals surface area contributed by atoms with Crippen LogP contribution >= 0.6 is 12.4 Å². The molecule has 9 heteroatoms. The van der Waals surface area contributed by atoms with Crippen molar-refractivity contribution >= 4 is 28.4 Å². The van der Waals surface area contributed by atoms with Crippen molar-refractivity contribution in [3.63, 3.8) is 0 Å². The maximum absolute atomic E-state index is 12.7. The predicted octanol–water partition coefficient (Wildman–Crippen LogP) is 1.50. The SMILES string of the molecule is COCC1(CNS(=O)(=O)c2ccc(C)c(C(=O)OC)c2)CCNCC1.Cl. The minimum absolute atomic E-state index is 0. The Bertz CT molecular complexity index is 712. The molecule has 0 spiro atoms. The minimum atomic E-state index is -3.73. The summed E-state index contributed by atoms with van der Waals surface area (Å²) < 4.78 is 38.1. The van der Waals surface area contributed by atoms with Gasteiger partial charge < -0.3 is 14.8 Å². The number of ether oxygens (including phenoxy) is 2. The molecule has 2 N–H and O–H groups in total. The fourth-order valence-electron chi connectivity index (χ4n) is 3.07. The van der Waals surface area contributed by atoms with Gasteiger partial charge in [0.15, 0.2) is 0 Å². The van der Waals surface area contributed by atoms with Crippen LogP contribution < -0.4 is 10.0 Å². The van der Waals surface area contributed by atoms with Gasteiger partial charge in [-0.1, -0.05) is 6.07 Å². The van der Waals surface area contributed by atoms with Crippen molar-refractivity contribution in [2.45, 2.75) is 24.7 Å². The lowest BCUT2D eigenvalue weighted by atomic mass is 9.80. The highest BCUT2D eigenvalue weighted by Gasteiger charge is 2.33. The zero-order chi connectivity index (χ0) is 18.5. The lowest BCUT2D eigenvalue weighted by molar-refractivity contribution is 0.0577. The Hall–Kier alpha value is -1.19. The Morgan fingerprint density at radius 1 is 1.27 bits per heavy atom. The molecule has 0 unspecified atom stereocenters. The Kier molecular flexibility index (Phi) is 8.49. The summed E-state index contributed by atoms with van der Waals surface area (Å²) in [4.78, 5) is 11.8. The summed E-state index contributed by atoms with van der Waals surface area (Å²) in [6, 6.07) is 4.46. The van der Waals surface area contributed by atoms with Crippen molar-refractivity contribution in [1.29, 1.82) is 0 Å². The second-order valence-corrected chi connectivity index (χ2v) is 8.24. The van der Waals surface area contributed by atoms with Crippen LogP contribution in [0.3, 0.4) is 0 Å². The van der Waals surface area contributed by atoms with Gasteiger partial charge in [-0.25, -0.2) is 17.9 Å². The molecular weight excluding hydrogens is 380 g/mol. The van der Waals surface area contributed by atoms with Gasteiger partial charge in [0.25, 0.3) is 0 Å². The molecule has 7 nitrogen and oxygen atoms in total. The van der Waals surface area contributed by atoms with Crippen molar-refractivity contribution in [3.05, 3.63) is 29.3 Å². The Morgan fingerprint density at radius 2 is 1.92 bits per heavy atom. The number of aryl methyl sites for hydroxylation is 1. The number of rotatable bonds is 7. The first kappa shape index (κ1) is 22.9. The van der Waals surface area contributed by atoms with Crippen molar-refractivity contribution in [2.75, 3.05) is 40.5 Å². The highest BCUT2D eigenvalue weighted by molar-refractivity contribution is 7.89. The Labute approximate surface area is 161 Å². The van der Waals surface area contributed by atoms with Crippen molar-refractivity contribution in [3.8, 4) is 0 Å². The van der Waals surface area contributed by atoms with Crippen LogP contribution in [-0.2, 0) is 19.5 Å². The third-order valence-electron chi connectivity index (χ3n) is 4.68. The summed E-state index contributed by atoms with van der Waals surface area (Å²) in [6.45, 7) is 4.20. The van der Waals surface area contributed by atoms with Crippen LogP contribution in [0.1, 0.15) is 28.8 Å². The van der Waals surface area contributed by atoms with Gasteiger partial charge in [-0.15, -0.1) is 12.4 Å². The summed E-state index contributed by atoms with van der Waals surface area (Å²) in [5.41, 5.74) is 0.696. The molecular formula is C17H27ClN2O5S. The number of esters is 1. The molecule has 0 aromatic heterocycles. The number of piperidine rings is 1. The first-order valence-corrected chi connectivity index (χ1v) is 9.70. The topological polar surface area (TPSA) is 93.7 Å². The number of carbonyl (C=O) groups excluding carboxylic acids is 1. The molecule has 148 valence electrons. The van der Waals surface area contributed by atoms with E-state index >= 15 is 0 Å². The highest BCUT2D eigenvalue weighted by Crippen LogP contribution is 2.29. The van der Waals surface area contributed by atoms with Gasteiger partial charge in [-0.3, -0.25) is 0 Å². The quantitative estimate of drug-likeness (QED) is 0.666. The Morgan fingerprint density at radius 3 is 2.50 bits per heavy atom. The average Bonchev–Trinajstić information content (AvgIpc) is 2.61. The molecule has 26 heavy (non-hydrogen) atoms. The maximum Gasteiger partial charge on any atom is 0.338 e. The number of hydrogen-bond donors (Lipinski definition) is 2. The van der Waals surface area contributed by atoms with E-state index in [1.807, 2.05) is 0 Å².